The minimum absolute atomic E-state index is 0.0326. The Morgan fingerprint density at radius 2 is 2.15 bits per heavy atom. The number of amides is 1. The van der Waals surface area contributed by atoms with Crippen molar-refractivity contribution in [3.8, 4) is 0 Å². The van der Waals surface area contributed by atoms with Crippen LogP contribution in [0.4, 0.5) is 0 Å². The number of para-hydroxylation sites is 1. The first-order chi connectivity index (χ1) is 9.66. The van der Waals surface area contributed by atoms with Gasteiger partial charge in [0.2, 0.25) is 0 Å². The van der Waals surface area contributed by atoms with Crippen LogP contribution in [0.3, 0.4) is 0 Å². The molecule has 1 fully saturated rings. The highest BCUT2D eigenvalue weighted by molar-refractivity contribution is 6.04. The van der Waals surface area contributed by atoms with E-state index in [-0.39, 0.29) is 11.9 Å². The van der Waals surface area contributed by atoms with Gasteiger partial charge in [0.05, 0.1) is 5.52 Å². The van der Waals surface area contributed by atoms with Crippen LogP contribution in [-0.4, -0.2) is 58.6 Å². The van der Waals surface area contributed by atoms with E-state index in [9.17, 15) is 4.79 Å². The van der Waals surface area contributed by atoms with Gasteiger partial charge in [0.1, 0.15) is 0 Å². The van der Waals surface area contributed by atoms with E-state index in [0.29, 0.717) is 5.69 Å². The fourth-order valence-electron chi connectivity index (χ4n) is 2.94. The average molecular weight is 272 g/mol. The third-order valence-electron chi connectivity index (χ3n) is 3.98. The van der Waals surface area contributed by atoms with Crippen LogP contribution in [-0.2, 0) is 0 Å². The highest BCUT2D eigenvalue weighted by Gasteiger charge is 2.27. The van der Waals surface area contributed by atoms with Gasteiger partial charge < -0.3 is 9.80 Å². The van der Waals surface area contributed by atoms with Crippen LogP contribution in [0.5, 0.6) is 0 Å². The summed E-state index contributed by atoms with van der Waals surface area (Å²) in [6.07, 6.45) is 1.01. The predicted octanol–water partition coefficient (Wildman–Crippen LogP) is 1.73. The SMILES string of the molecule is CC1CN(C)CCCN1C(=O)c1n[nH]c2ccccc12. The van der Waals surface area contributed by atoms with Crippen molar-refractivity contribution in [2.75, 3.05) is 26.7 Å². The number of aromatic nitrogens is 2. The first-order valence-corrected chi connectivity index (χ1v) is 7.09. The molecule has 20 heavy (non-hydrogen) atoms. The van der Waals surface area contributed by atoms with Gasteiger partial charge in [0.15, 0.2) is 5.69 Å². The van der Waals surface area contributed by atoms with Crippen LogP contribution in [0.2, 0.25) is 0 Å². The van der Waals surface area contributed by atoms with Crippen LogP contribution >= 0.6 is 0 Å². The van der Waals surface area contributed by atoms with Crippen LogP contribution in [0, 0.1) is 0 Å². The molecule has 1 aliphatic heterocycles. The Morgan fingerprint density at radius 3 is 3.00 bits per heavy atom. The molecule has 0 spiro atoms. The maximum Gasteiger partial charge on any atom is 0.275 e. The second-order valence-corrected chi connectivity index (χ2v) is 5.58. The Labute approximate surface area is 118 Å². The molecule has 1 aliphatic rings. The molecule has 1 N–H and O–H groups in total. The van der Waals surface area contributed by atoms with E-state index >= 15 is 0 Å². The van der Waals surface area contributed by atoms with Crippen molar-refractivity contribution < 1.29 is 4.79 Å². The largest absolute Gasteiger partial charge is 0.333 e. The van der Waals surface area contributed by atoms with Crippen molar-refractivity contribution in [2.24, 2.45) is 0 Å². The van der Waals surface area contributed by atoms with Crippen molar-refractivity contribution in [3.63, 3.8) is 0 Å². The lowest BCUT2D eigenvalue weighted by Gasteiger charge is -2.27. The summed E-state index contributed by atoms with van der Waals surface area (Å²) in [7, 11) is 2.11. The monoisotopic (exact) mass is 272 g/mol. The minimum atomic E-state index is 0.0326. The summed E-state index contributed by atoms with van der Waals surface area (Å²) < 4.78 is 0. The molecule has 2 aromatic rings. The summed E-state index contributed by atoms with van der Waals surface area (Å²) in [5.41, 5.74) is 1.45. The quantitative estimate of drug-likeness (QED) is 0.860. The molecule has 1 amide bonds. The molecule has 5 heteroatoms. The van der Waals surface area contributed by atoms with Gasteiger partial charge in [-0.25, -0.2) is 0 Å². The van der Waals surface area contributed by atoms with Gasteiger partial charge in [-0.15, -0.1) is 0 Å². The fourth-order valence-corrected chi connectivity index (χ4v) is 2.94. The number of benzene rings is 1. The molecular weight excluding hydrogens is 252 g/mol. The number of fused-ring (bicyclic) bond motifs is 1. The Kier molecular flexibility index (Phi) is 3.44. The topological polar surface area (TPSA) is 52.2 Å². The zero-order valence-electron chi connectivity index (χ0n) is 12.0. The maximum absolute atomic E-state index is 12.8. The second-order valence-electron chi connectivity index (χ2n) is 5.58. The highest BCUT2D eigenvalue weighted by atomic mass is 16.2. The number of nitrogens with one attached hydrogen (secondary N) is 1. The van der Waals surface area contributed by atoms with Crippen molar-refractivity contribution >= 4 is 16.8 Å². The smallest absolute Gasteiger partial charge is 0.275 e. The number of hydrogen-bond donors (Lipinski definition) is 1. The molecule has 1 atom stereocenters. The number of carbonyl (C=O) groups is 1. The first-order valence-electron chi connectivity index (χ1n) is 7.09. The van der Waals surface area contributed by atoms with E-state index in [1.165, 1.54) is 0 Å². The van der Waals surface area contributed by atoms with Gasteiger partial charge in [-0.05, 0) is 33.0 Å². The van der Waals surface area contributed by atoms with E-state index in [1.54, 1.807) is 0 Å². The summed E-state index contributed by atoms with van der Waals surface area (Å²) in [5, 5.41) is 8.07. The number of carbonyl (C=O) groups excluding carboxylic acids is 1. The third-order valence-corrected chi connectivity index (χ3v) is 3.98. The molecule has 1 saturated heterocycles. The lowest BCUT2D eigenvalue weighted by Crippen LogP contribution is -2.42. The predicted molar refractivity (Wildman–Crippen MR) is 78.7 cm³/mol. The molecule has 1 aromatic heterocycles. The summed E-state index contributed by atoms with van der Waals surface area (Å²) >= 11 is 0. The Hall–Kier alpha value is -1.88. The van der Waals surface area contributed by atoms with Gasteiger partial charge in [0, 0.05) is 24.5 Å². The molecule has 0 bridgehead atoms. The van der Waals surface area contributed by atoms with E-state index < -0.39 is 0 Å². The molecule has 106 valence electrons. The van der Waals surface area contributed by atoms with Crippen molar-refractivity contribution in [3.05, 3.63) is 30.0 Å². The zero-order chi connectivity index (χ0) is 14.1. The summed E-state index contributed by atoms with van der Waals surface area (Å²) in [4.78, 5) is 17.0. The standard InChI is InChI=1S/C15H20N4O/c1-11-10-18(2)8-5-9-19(11)15(20)14-12-6-3-4-7-13(12)16-17-14/h3-4,6-7,11H,5,8-10H2,1-2H3,(H,16,17). The van der Waals surface area contributed by atoms with Gasteiger partial charge in [0.25, 0.3) is 5.91 Å². The fraction of sp³-hybridized carbons (Fsp3) is 0.467. The van der Waals surface area contributed by atoms with E-state index in [0.717, 1.165) is 37.0 Å². The Balaban J connectivity index is 1.91. The summed E-state index contributed by atoms with van der Waals surface area (Å²) in [6.45, 7) is 4.85. The third kappa shape index (κ3) is 2.29. The average Bonchev–Trinajstić information content (AvgIpc) is 2.78. The van der Waals surface area contributed by atoms with Gasteiger partial charge in [-0.3, -0.25) is 9.89 Å². The van der Waals surface area contributed by atoms with Crippen LogP contribution in [0.15, 0.2) is 24.3 Å². The van der Waals surface area contributed by atoms with Crippen LogP contribution in [0.25, 0.3) is 10.9 Å². The lowest BCUT2D eigenvalue weighted by molar-refractivity contribution is 0.0692. The molecule has 1 aromatic carbocycles. The Bertz CT molecular complexity index is 621. The number of likely N-dealkylation sites (N-methyl/N-ethyl adjacent to an activating group) is 1. The number of nitrogens with zero attached hydrogens (tertiary/aromatic N) is 3. The van der Waals surface area contributed by atoms with Gasteiger partial charge in [-0.1, -0.05) is 18.2 Å². The second kappa shape index (κ2) is 5.25. The minimum Gasteiger partial charge on any atom is -0.333 e. The number of H-pyrrole nitrogens is 1. The maximum atomic E-state index is 12.8. The zero-order valence-corrected chi connectivity index (χ0v) is 12.0. The summed E-state index contributed by atoms with van der Waals surface area (Å²) in [5.74, 6) is 0.0326. The van der Waals surface area contributed by atoms with E-state index in [4.69, 9.17) is 0 Å². The van der Waals surface area contributed by atoms with Gasteiger partial charge in [-0.2, -0.15) is 5.10 Å². The van der Waals surface area contributed by atoms with Crippen molar-refractivity contribution in [1.82, 2.24) is 20.0 Å². The van der Waals surface area contributed by atoms with Crippen LogP contribution in [0.1, 0.15) is 23.8 Å². The van der Waals surface area contributed by atoms with Crippen LogP contribution < -0.4 is 0 Å². The number of hydrogen-bond acceptors (Lipinski definition) is 3. The van der Waals surface area contributed by atoms with Crippen molar-refractivity contribution in [1.29, 1.82) is 0 Å². The molecule has 0 saturated carbocycles. The van der Waals surface area contributed by atoms with Crippen molar-refractivity contribution in [2.45, 2.75) is 19.4 Å². The molecule has 3 rings (SSSR count). The lowest BCUT2D eigenvalue weighted by atomic mass is 10.1. The van der Waals surface area contributed by atoms with Gasteiger partial charge >= 0.3 is 0 Å². The van der Waals surface area contributed by atoms with E-state index in [2.05, 4.69) is 29.1 Å². The van der Waals surface area contributed by atoms with E-state index in [1.807, 2.05) is 29.2 Å². The first kappa shape index (κ1) is 13.1. The molecule has 0 aliphatic carbocycles. The summed E-state index contributed by atoms with van der Waals surface area (Å²) in [6, 6.07) is 7.98. The number of aromatic amines is 1. The Morgan fingerprint density at radius 1 is 1.35 bits per heavy atom. The molecule has 5 nitrogen and oxygen atoms in total. The number of rotatable bonds is 1. The molecule has 0 radical (unpaired) electrons. The highest BCUT2D eigenvalue weighted by Crippen LogP contribution is 2.19. The normalized spacial score (nSPS) is 21.1. The molecular formula is C15H20N4O. The molecule has 1 unspecified atom stereocenters. The molecule has 2 heterocycles.